The van der Waals surface area contributed by atoms with Crippen molar-refractivity contribution in [3.05, 3.63) is 82.9 Å². The van der Waals surface area contributed by atoms with Crippen molar-refractivity contribution in [2.45, 2.75) is 5.60 Å². The molecular weight excluding hydrogens is 498 g/mol. The van der Waals surface area contributed by atoms with Crippen LogP contribution in [-0.4, -0.2) is 36.3 Å². The van der Waals surface area contributed by atoms with Crippen LogP contribution in [0.4, 0.5) is 17.8 Å². The number of nitrogen functional groups attached to an aromatic ring is 3. The third-order valence-electron chi connectivity index (χ3n) is 5.37. The molecule has 1 aromatic heterocycles. The van der Waals surface area contributed by atoms with Gasteiger partial charge in [0.1, 0.15) is 23.0 Å². The van der Waals surface area contributed by atoms with Gasteiger partial charge in [0.15, 0.2) is 5.60 Å². The molecule has 2 aliphatic heterocycles. The Balaban J connectivity index is 0.000000224. The maximum Gasteiger partial charge on any atom is 0.340 e. The molecule has 3 heterocycles. The number of anilines is 3. The molecule has 1 spiro atoms. The first-order valence-electron chi connectivity index (χ1n) is 10.4. The van der Waals surface area contributed by atoms with Gasteiger partial charge in [-0.05, 0) is 42.5 Å². The number of aromatic hydroxyl groups is 2. The molecule has 6 rings (SSSR count). The average Bonchev–Trinajstić information content (AvgIpc) is 3.12. The van der Waals surface area contributed by atoms with Crippen LogP contribution in [0.5, 0.6) is 23.0 Å². The highest BCUT2D eigenvalue weighted by Crippen LogP contribution is 2.56. The fourth-order valence-electron chi connectivity index (χ4n) is 4.08. The topological polar surface area (TPSA) is 217 Å². The average molecular weight is 518 g/mol. The van der Waals surface area contributed by atoms with Gasteiger partial charge in [-0.25, -0.2) is 10.2 Å². The minimum absolute atomic E-state index is 0.0371. The van der Waals surface area contributed by atoms with Gasteiger partial charge in [0.05, 0.1) is 10.7 Å². The molecule has 3 aromatic carbocycles. The van der Waals surface area contributed by atoms with Gasteiger partial charge >= 0.3 is 5.97 Å². The van der Waals surface area contributed by atoms with Crippen LogP contribution in [0, 0.1) is 5.41 Å². The second kappa shape index (κ2) is 9.77. The van der Waals surface area contributed by atoms with Crippen LogP contribution in [-0.2, 0) is 10.3 Å². The number of fused-ring (bicyclic) bond motifs is 6. The van der Waals surface area contributed by atoms with Crippen molar-refractivity contribution < 1.29 is 24.5 Å². The zero-order valence-corrected chi connectivity index (χ0v) is 19.7. The van der Waals surface area contributed by atoms with Crippen LogP contribution in [0.3, 0.4) is 0 Å². The summed E-state index contributed by atoms with van der Waals surface area (Å²) >= 11 is 3.81. The third kappa shape index (κ3) is 4.55. The number of hydrogen-bond donors (Lipinski definition) is 6. The molecular formula is C24H19N7O5S. The van der Waals surface area contributed by atoms with Crippen LogP contribution in [0.2, 0.25) is 0 Å². The highest BCUT2D eigenvalue weighted by Gasteiger charge is 2.53. The van der Waals surface area contributed by atoms with Crippen LogP contribution < -0.4 is 21.9 Å². The van der Waals surface area contributed by atoms with E-state index in [1.165, 1.54) is 24.3 Å². The molecule has 0 bridgehead atoms. The summed E-state index contributed by atoms with van der Waals surface area (Å²) in [7, 11) is 0. The van der Waals surface area contributed by atoms with Crippen molar-refractivity contribution in [2.75, 3.05) is 17.2 Å². The van der Waals surface area contributed by atoms with Crippen LogP contribution in [0.25, 0.3) is 0 Å². The first-order valence-corrected chi connectivity index (χ1v) is 10.8. The number of nitrogens with two attached hydrogens (primary N) is 3. The second-order valence-electron chi connectivity index (χ2n) is 7.59. The summed E-state index contributed by atoms with van der Waals surface area (Å²) in [5, 5.41) is 27.0. The van der Waals surface area contributed by atoms with Crippen molar-refractivity contribution in [1.29, 1.82) is 5.41 Å². The predicted molar refractivity (Wildman–Crippen MR) is 136 cm³/mol. The van der Waals surface area contributed by atoms with Gasteiger partial charge in [-0.1, -0.05) is 18.2 Å². The van der Waals surface area contributed by atoms with Gasteiger partial charge in [0, 0.05) is 28.8 Å². The fourth-order valence-corrected chi connectivity index (χ4v) is 4.08. The maximum atomic E-state index is 12.5. The number of hydrogen-bond acceptors (Lipinski definition) is 13. The van der Waals surface area contributed by atoms with E-state index < -0.39 is 11.6 Å². The summed E-state index contributed by atoms with van der Waals surface area (Å²) in [6.45, 7) is 0. The number of thiocarbonyl (C=S) groups is 1. The summed E-state index contributed by atoms with van der Waals surface area (Å²) in [5.41, 5.74) is 16.7. The quantitative estimate of drug-likeness (QED) is 0.113. The lowest BCUT2D eigenvalue weighted by Gasteiger charge is -2.36. The van der Waals surface area contributed by atoms with E-state index in [1.807, 2.05) is 12.1 Å². The molecule has 12 nitrogen and oxygen atoms in total. The zero-order chi connectivity index (χ0) is 26.7. The van der Waals surface area contributed by atoms with Gasteiger partial charge in [-0.15, -0.1) is 0 Å². The summed E-state index contributed by atoms with van der Waals surface area (Å²) in [5.74, 6) is 0.533. The molecule has 37 heavy (non-hydrogen) atoms. The molecule has 0 saturated heterocycles. The number of rotatable bonds is 0. The summed E-state index contributed by atoms with van der Waals surface area (Å²) in [4.78, 5) is 23.0. The lowest BCUT2D eigenvalue weighted by atomic mass is 9.77. The Hall–Kier alpha value is -5.26. The molecule has 0 atom stereocenters. The number of isothiocyanates is 1. The van der Waals surface area contributed by atoms with Gasteiger partial charge in [0.25, 0.3) is 0 Å². The lowest BCUT2D eigenvalue weighted by molar-refractivity contribution is 0.0224. The first kappa shape index (κ1) is 24.9. The lowest BCUT2D eigenvalue weighted by Crippen LogP contribution is -2.32. The smallest absolute Gasteiger partial charge is 0.340 e. The SMILES string of the molecule is N=C=S.Nc1nc(N)nc(N)n1.O=C1OC2(c3ccc(O)cc3Oc3cc(O)ccc32)c2ccccc21. The highest BCUT2D eigenvalue weighted by atomic mass is 32.1. The van der Waals surface area contributed by atoms with Crippen molar-refractivity contribution in [2.24, 2.45) is 0 Å². The largest absolute Gasteiger partial charge is 0.508 e. The van der Waals surface area contributed by atoms with E-state index in [0.717, 1.165) is 0 Å². The number of phenols is 2. The maximum absolute atomic E-state index is 12.5. The van der Waals surface area contributed by atoms with Crippen molar-refractivity contribution in [1.82, 2.24) is 15.0 Å². The predicted octanol–water partition coefficient (Wildman–Crippen LogP) is 2.95. The second-order valence-corrected chi connectivity index (χ2v) is 7.80. The number of nitrogens with one attached hydrogen (secondary N) is 1. The number of carbonyl (C=O) groups excluding carboxylic acids is 1. The number of ether oxygens (including phenoxy) is 2. The standard InChI is InChI=1S/C20H12O5.C3H6N6.CHNS/c21-11-5-7-15-17(9-11)24-18-10-12(22)6-8-16(18)20(15)14-4-2-1-3-13(14)19(23)25-20;4-1-7-2(5)9-3(6)8-1;2-1-3/h1-10,21-22H;(H6,4,5,6,7,8,9);2H. The van der Waals surface area contributed by atoms with E-state index in [4.69, 9.17) is 32.1 Å². The van der Waals surface area contributed by atoms with E-state index in [-0.39, 0.29) is 29.3 Å². The monoisotopic (exact) mass is 517 g/mol. The van der Waals surface area contributed by atoms with Gasteiger partial charge in [-0.3, -0.25) is 0 Å². The molecule has 0 fully saturated rings. The zero-order valence-electron chi connectivity index (χ0n) is 18.9. The Morgan fingerprint density at radius 1 is 0.811 bits per heavy atom. The number of esters is 1. The van der Waals surface area contributed by atoms with Gasteiger partial charge < -0.3 is 36.9 Å². The number of benzene rings is 3. The Labute approximate surface area is 214 Å². The third-order valence-corrected chi connectivity index (χ3v) is 5.37. The molecule has 2 aliphatic rings. The van der Waals surface area contributed by atoms with Gasteiger partial charge in [0.2, 0.25) is 17.8 Å². The van der Waals surface area contributed by atoms with E-state index in [9.17, 15) is 15.0 Å². The van der Waals surface area contributed by atoms with Crippen molar-refractivity contribution >= 4 is 41.2 Å². The first-order chi connectivity index (χ1) is 17.7. The Kier molecular flexibility index (Phi) is 6.57. The van der Waals surface area contributed by atoms with Gasteiger partial charge in [-0.2, -0.15) is 15.0 Å². The molecule has 4 aromatic rings. The Morgan fingerprint density at radius 2 is 1.27 bits per heavy atom. The van der Waals surface area contributed by atoms with Crippen molar-refractivity contribution in [3.8, 4) is 23.0 Å². The van der Waals surface area contributed by atoms with Crippen LogP contribution >= 0.6 is 12.2 Å². The van der Waals surface area contributed by atoms with E-state index in [1.54, 1.807) is 29.4 Å². The van der Waals surface area contributed by atoms with E-state index >= 15 is 0 Å². The molecule has 0 unspecified atom stereocenters. The van der Waals surface area contributed by atoms with Crippen LogP contribution in [0.1, 0.15) is 27.0 Å². The van der Waals surface area contributed by atoms with Crippen molar-refractivity contribution in [3.63, 3.8) is 0 Å². The molecule has 0 saturated carbocycles. The molecule has 0 radical (unpaired) electrons. The summed E-state index contributed by atoms with van der Waals surface area (Å²) in [6, 6.07) is 16.6. The number of phenolic OH excluding ortho intramolecular Hbond substituents is 2. The molecule has 9 N–H and O–H groups in total. The number of nitrogens with zero attached hydrogens (tertiary/aromatic N) is 3. The van der Waals surface area contributed by atoms with E-state index in [0.29, 0.717) is 33.8 Å². The fraction of sp³-hybridized carbons (Fsp3) is 0.0417. The number of aromatic nitrogens is 3. The number of carbonyl (C=O) groups is 1. The minimum atomic E-state index is -1.17. The normalized spacial score (nSPS) is 13.1. The van der Waals surface area contributed by atoms with E-state index in [2.05, 4.69) is 27.2 Å². The Morgan fingerprint density at radius 3 is 1.76 bits per heavy atom. The highest BCUT2D eigenvalue weighted by molar-refractivity contribution is 7.78. The summed E-state index contributed by atoms with van der Waals surface area (Å²) < 4.78 is 11.8. The molecule has 0 amide bonds. The summed E-state index contributed by atoms with van der Waals surface area (Å²) in [6.07, 6.45) is 0. The minimum Gasteiger partial charge on any atom is -0.508 e. The molecule has 0 aliphatic carbocycles. The Bertz CT molecular complexity index is 1450. The van der Waals surface area contributed by atoms with Crippen LogP contribution in [0.15, 0.2) is 60.7 Å². The molecule has 13 heteroatoms. The molecule has 186 valence electrons.